The van der Waals surface area contributed by atoms with Crippen molar-refractivity contribution in [3.63, 3.8) is 0 Å². The fourth-order valence-electron chi connectivity index (χ4n) is 2.25. The Morgan fingerprint density at radius 3 is 2.89 bits per heavy atom. The van der Waals surface area contributed by atoms with Gasteiger partial charge in [-0.2, -0.15) is 5.10 Å². The minimum Gasteiger partial charge on any atom is -0.339 e. The third-order valence-corrected chi connectivity index (χ3v) is 3.85. The van der Waals surface area contributed by atoms with Crippen molar-refractivity contribution in [2.45, 2.75) is 45.2 Å². The van der Waals surface area contributed by atoms with Crippen LogP contribution in [0, 0.1) is 6.92 Å². The molecule has 1 saturated carbocycles. The number of amides is 1. The number of aromatic nitrogens is 2. The lowest BCUT2D eigenvalue weighted by molar-refractivity contribution is 0.0651. The molecule has 0 unspecified atom stereocenters. The van der Waals surface area contributed by atoms with E-state index in [-0.39, 0.29) is 5.91 Å². The topological polar surface area (TPSA) is 64.2 Å². The summed E-state index contributed by atoms with van der Waals surface area (Å²) in [5.74, 6) is 0.0937. The molecule has 0 bridgehead atoms. The minimum absolute atomic E-state index is 0.0937. The van der Waals surface area contributed by atoms with Crippen LogP contribution in [0.25, 0.3) is 0 Å². The van der Waals surface area contributed by atoms with Crippen molar-refractivity contribution in [3.8, 4) is 0 Å². The Bertz CT molecular complexity index is 423. The zero-order valence-electron chi connectivity index (χ0n) is 11.2. The van der Waals surface area contributed by atoms with Crippen LogP contribution in [0.3, 0.4) is 0 Å². The molecule has 2 N–H and O–H groups in total. The summed E-state index contributed by atoms with van der Waals surface area (Å²) >= 11 is 0. The summed E-state index contributed by atoms with van der Waals surface area (Å²) in [5, 5.41) is 4.27. The molecule has 5 nitrogen and oxygen atoms in total. The Morgan fingerprint density at radius 2 is 2.33 bits per heavy atom. The van der Waals surface area contributed by atoms with E-state index in [0.29, 0.717) is 12.6 Å². The molecular weight excluding hydrogens is 228 g/mol. The van der Waals surface area contributed by atoms with Gasteiger partial charge in [0.2, 0.25) is 0 Å². The van der Waals surface area contributed by atoms with Crippen molar-refractivity contribution in [2.75, 3.05) is 13.6 Å². The van der Waals surface area contributed by atoms with Crippen LogP contribution in [0.5, 0.6) is 0 Å². The highest BCUT2D eigenvalue weighted by atomic mass is 16.2. The predicted molar refractivity (Wildman–Crippen MR) is 70.4 cm³/mol. The standard InChI is InChI=1S/C13H22N4O/c1-10-12(9-15-17(10)8-4-7-14)13(18)16(2)11-5-3-6-11/h9,11H,3-8,14H2,1-2H3. The second kappa shape index (κ2) is 5.52. The van der Waals surface area contributed by atoms with Crippen LogP contribution in [0.2, 0.25) is 0 Å². The van der Waals surface area contributed by atoms with Gasteiger partial charge in [-0.15, -0.1) is 0 Å². The first-order chi connectivity index (χ1) is 8.65. The van der Waals surface area contributed by atoms with Gasteiger partial charge in [-0.1, -0.05) is 0 Å². The van der Waals surface area contributed by atoms with E-state index >= 15 is 0 Å². The number of rotatable bonds is 5. The molecule has 5 heteroatoms. The van der Waals surface area contributed by atoms with Crippen LogP contribution in [-0.4, -0.2) is 40.2 Å². The molecule has 1 aromatic rings. The monoisotopic (exact) mass is 250 g/mol. The van der Waals surface area contributed by atoms with Gasteiger partial charge >= 0.3 is 0 Å². The number of aryl methyl sites for hydroxylation is 1. The highest BCUT2D eigenvalue weighted by Gasteiger charge is 2.28. The maximum atomic E-state index is 12.3. The Hall–Kier alpha value is -1.36. The molecule has 1 amide bonds. The summed E-state index contributed by atoms with van der Waals surface area (Å²) in [6.07, 6.45) is 6.06. The maximum absolute atomic E-state index is 12.3. The van der Waals surface area contributed by atoms with Crippen LogP contribution in [-0.2, 0) is 6.54 Å². The molecule has 0 radical (unpaired) electrons. The van der Waals surface area contributed by atoms with Crippen molar-refractivity contribution in [1.29, 1.82) is 0 Å². The highest BCUT2D eigenvalue weighted by molar-refractivity contribution is 5.95. The van der Waals surface area contributed by atoms with Crippen molar-refractivity contribution in [2.24, 2.45) is 5.73 Å². The third-order valence-electron chi connectivity index (χ3n) is 3.85. The van der Waals surface area contributed by atoms with Crippen LogP contribution in [0.15, 0.2) is 6.20 Å². The quantitative estimate of drug-likeness (QED) is 0.853. The molecule has 18 heavy (non-hydrogen) atoms. The summed E-state index contributed by atoms with van der Waals surface area (Å²) in [4.78, 5) is 14.2. The van der Waals surface area contributed by atoms with Gasteiger partial charge in [0.1, 0.15) is 0 Å². The molecule has 0 saturated heterocycles. The number of hydrogen-bond donors (Lipinski definition) is 1. The van der Waals surface area contributed by atoms with Crippen LogP contribution in [0.1, 0.15) is 41.7 Å². The summed E-state index contributed by atoms with van der Waals surface area (Å²) in [5.41, 5.74) is 7.16. The molecule has 0 aromatic carbocycles. The number of carbonyl (C=O) groups excluding carboxylic acids is 1. The smallest absolute Gasteiger partial charge is 0.257 e. The van der Waals surface area contributed by atoms with E-state index in [1.54, 1.807) is 6.20 Å². The van der Waals surface area contributed by atoms with Crippen molar-refractivity contribution < 1.29 is 4.79 Å². The number of nitrogens with two attached hydrogens (primary N) is 1. The lowest BCUT2D eigenvalue weighted by Crippen LogP contribution is -2.41. The average Bonchev–Trinajstić information content (AvgIpc) is 2.65. The summed E-state index contributed by atoms with van der Waals surface area (Å²) in [7, 11) is 1.89. The Morgan fingerprint density at radius 1 is 1.61 bits per heavy atom. The molecule has 2 rings (SSSR count). The zero-order valence-corrected chi connectivity index (χ0v) is 11.2. The Kier molecular flexibility index (Phi) is 4.01. The lowest BCUT2D eigenvalue weighted by atomic mass is 9.91. The number of nitrogens with zero attached hydrogens (tertiary/aromatic N) is 3. The fourth-order valence-corrected chi connectivity index (χ4v) is 2.25. The van der Waals surface area contributed by atoms with Gasteiger partial charge in [0, 0.05) is 25.3 Å². The first-order valence-corrected chi connectivity index (χ1v) is 6.64. The van der Waals surface area contributed by atoms with Crippen molar-refractivity contribution in [3.05, 3.63) is 17.5 Å². The molecule has 0 aliphatic heterocycles. The molecule has 0 spiro atoms. The maximum Gasteiger partial charge on any atom is 0.257 e. The molecular formula is C13H22N4O. The Balaban J connectivity index is 2.07. The van der Waals surface area contributed by atoms with E-state index in [2.05, 4.69) is 5.10 Å². The van der Waals surface area contributed by atoms with Gasteiger partial charge in [0.15, 0.2) is 0 Å². The van der Waals surface area contributed by atoms with Crippen molar-refractivity contribution in [1.82, 2.24) is 14.7 Å². The molecule has 1 aliphatic rings. The Labute approximate surface area is 108 Å². The van der Waals surface area contributed by atoms with Gasteiger partial charge in [0.05, 0.1) is 11.8 Å². The third kappa shape index (κ3) is 2.41. The number of hydrogen-bond acceptors (Lipinski definition) is 3. The van der Waals surface area contributed by atoms with E-state index in [1.165, 1.54) is 6.42 Å². The molecule has 1 fully saturated rings. The van der Waals surface area contributed by atoms with E-state index < -0.39 is 0 Å². The minimum atomic E-state index is 0.0937. The first kappa shape index (κ1) is 13.1. The summed E-state index contributed by atoms with van der Waals surface area (Å²) < 4.78 is 1.87. The SMILES string of the molecule is Cc1c(C(=O)N(C)C2CCC2)cnn1CCCN. The molecule has 1 aromatic heterocycles. The van der Waals surface area contributed by atoms with E-state index in [0.717, 1.165) is 37.1 Å². The van der Waals surface area contributed by atoms with E-state index in [4.69, 9.17) is 5.73 Å². The largest absolute Gasteiger partial charge is 0.339 e. The zero-order chi connectivity index (χ0) is 13.1. The molecule has 1 aliphatic carbocycles. The van der Waals surface area contributed by atoms with Crippen LogP contribution >= 0.6 is 0 Å². The van der Waals surface area contributed by atoms with Gasteiger partial charge in [-0.05, 0) is 39.2 Å². The van der Waals surface area contributed by atoms with E-state index in [1.807, 2.05) is 23.6 Å². The fraction of sp³-hybridized carbons (Fsp3) is 0.692. The summed E-state index contributed by atoms with van der Waals surface area (Å²) in [6.45, 7) is 3.37. The summed E-state index contributed by atoms with van der Waals surface area (Å²) in [6, 6.07) is 0.421. The van der Waals surface area contributed by atoms with Gasteiger partial charge in [-0.25, -0.2) is 0 Å². The predicted octanol–water partition coefficient (Wildman–Crippen LogP) is 1.16. The van der Waals surface area contributed by atoms with E-state index in [9.17, 15) is 4.79 Å². The molecule has 0 atom stereocenters. The molecule has 100 valence electrons. The second-order valence-corrected chi connectivity index (χ2v) is 5.01. The normalized spacial score (nSPS) is 15.5. The second-order valence-electron chi connectivity index (χ2n) is 5.01. The van der Waals surface area contributed by atoms with Gasteiger partial charge in [0.25, 0.3) is 5.91 Å². The first-order valence-electron chi connectivity index (χ1n) is 6.64. The van der Waals surface area contributed by atoms with Gasteiger partial charge < -0.3 is 10.6 Å². The number of carbonyl (C=O) groups is 1. The van der Waals surface area contributed by atoms with Crippen LogP contribution < -0.4 is 5.73 Å². The van der Waals surface area contributed by atoms with Crippen LogP contribution in [0.4, 0.5) is 0 Å². The highest BCUT2D eigenvalue weighted by Crippen LogP contribution is 2.25. The van der Waals surface area contributed by atoms with Crippen molar-refractivity contribution >= 4 is 5.91 Å². The average molecular weight is 250 g/mol. The lowest BCUT2D eigenvalue weighted by Gasteiger charge is -2.34. The van der Waals surface area contributed by atoms with Gasteiger partial charge in [-0.3, -0.25) is 9.48 Å². The molecule has 1 heterocycles.